The first-order chi connectivity index (χ1) is 23.9. The lowest BCUT2D eigenvalue weighted by Crippen LogP contribution is -2.32. The van der Waals surface area contributed by atoms with Crippen molar-refractivity contribution in [2.24, 2.45) is 9.98 Å². The first kappa shape index (κ1) is 30.5. The Labute approximate surface area is 282 Å². The SMILES string of the molecule is COc1cc2c(cc1OCCCOc1cc3c(cc1OC)C(=O)N1C=C(c4ccc5c(c4)OCO5)CC1C=N3)N=CC1CC(C)=CN1C2=O. The first-order valence-corrected chi connectivity index (χ1v) is 16.1. The number of amides is 2. The van der Waals surface area contributed by atoms with E-state index in [1.165, 1.54) is 7.11 Å². The molecule has 5 aliphatic heterocycles. The Bertz CT molecular complexity index is 2000. The number of rotatable bonds is 9. The molecule has 5 aliphatic rings. The van der Waals surface area contributed by atoms with Crippen molar-refractivity contribution in [2.75, 3.05) is 34.2 Å². The molecule has 0 saturated heterocycles. The maximum atomic E-state index is 13.7. The van der Waals surface area contributed by atoms with Crippen molar-refractivity contribution in [1.29, 1.82) is 0 Å². The van der Waals surface area contributed by atoms with E-state index >= 15 is 0 Å². The van der Waals surface area contributed by atoms with Crippen LogP contribution in [-0.2, 0) is 0 Å². The standard InChI is InChI=1S/C37H34N4O8/c1-21-9-24-16-38-28-14-34(31(44-2)12-26(28)36(42)40(24)18-21)46-7-4-8-47-35-15-29-27(13-32(35)45-3)37(43)41-19-23(10-25(41)17-39-29)22-5-6-30-33(11-22)49-20-48-30/h5-6,11-19,24-25H,4,7-10,20H2,1-3H3. The van der Waals surface area contributed by atoms with E-state index in [2.05, 4.69) is 4.99 Å². The van der Waals surface area contributed by atoms with Crippen molar-refractivity contribution in [2.45, 2.75) is 38.3 Å². The molecular weight excluding hydrogens is 628 g/mol. The second kappa shape index (κ2) is 12.3. The smallest absolute Gasteiger partial charge is 0.260 e. The summed E-state index contributed by atoms with van der Waals surface area (Å²) in [5.74, 6) is 2.99. The first-order valence-electron chi connectivity index (χ1n) is 16.1. The van der Waals surface area contributed by atoms with E-state index in [-0.39, 0.29) is 30.7 Å². The fourth-order valence-electron chi connectivity index (χ4n) is 6.64. The molecule has 5 heterocycles. The number of aliphatic imine (C=N–C) groups is 2. The highest BCUT2D eigenvalue weighted by molar-refractivity contribution is 6.06. The zero-order valence-corrected chi connectivity index (χ0v) is 27.3. The Morgan fingerprint density at radius 3 is 1.96 bits per heavy atom. The van der Waals surface area contributed by atoms with Crippen LogP contribution in [0.4, 0.5) is 11.4 Å². The molecule has 0 bridgehead atoms. The fourth-order valence-corrected chi connectivity index (χ4v) is 6.64. The largest absolute Gasteiger partial charge is 0.493 e. The Balaban J connectivity index is 0.925. The summed E-state index contributed by atoms with van der Waals surface area (Å²) in [5, 5.41) is 0. The number of fused-ring (bicyclic) bond motifs is 5. The minimum Gasteiger partial charge on any atom is -0.493 e. The number of hydrogen-bond acceptors (Lipinski definition) is 10. The van der Waals surface area contributed by atoms with Crippen LogP contribution >= 0.6 is 0 Å². The average molecular weight is 663 g/mol. The van der Waals surface area contributed by atoms with E-state index in [1.54, 1.807) is 47.4 Å². The van der Waals surface area contributed by atoms with Crippen LogP contribution in [0.3, 0.4) is 0 Å². The molecule has 2 unspecified atom stereocenters. The van der Waals surface area contributed by atoms with Gasteiger partial charge in [0.1, 0.15) is 0 Å². The number of methoxy groups -OCH3 is 2. The van der Waals surface area contributed by atoms with Crippen LogP contribution in [-0.4, -0.2) is 80.4 Å². The van der Waals surface area contributed by atoms with Gasteiger partial charge in [-0.1, -0.05) is 11.6 Å². The molecule has 3 aromatic rings. The topological polar surface area (TPSA) is 121 Å². The van der Waals surface area contributed by atoms with Gasteiger partial charge < -0.3 is 38.2 Å². The van der Waals surface area contributed by atoms with Crippen LogP contribution in [0.2, 0.25) is 0 Å². The van der Waals surface area contributed by atoms with Crippen LogP contribution in [0.1, 0.15) is 52.5 Å². The molecule has 12 heteroatoms. The van der Waals surface area contributed by atoms with Crippen molar-refractivity contribution in [3.05, 3.63) is 77.1 Å². The third kappa shape index (κ3) is 5.52. The van der Waals surface area contributed by atoms with Crippen molar-refractivity contribution in [3.8, 4) is 34.5 Å². The van der Waals surface area contributed by atoms with Gasteiger partial charge in [-0.3, -0.25) is 19.6 Å². The predicted octanol–water partition coefficient (Wildman–Crippen LogP) is 6.09. The number of nitrogens with zero attached hydrogens (tertiary/aromatic N) is 4. The zero-order valence-electron chi connectivity index (χ0n) is 27.3. The summed E-state index contributed by atoms with van der Waals surface area (Å²) in [7, 11) is 3.08. The summed E-state index contributed by atoms with van der Waals surface area (Å²) in [5.41, 5.74) is 5.08. The van der Waals surface area contributed by atoms with Gasteiger partial charge in [0.15, 0.2) is 34.5 Å². The number of benzene rings is 3. The molecule has 0 N–H and O–H groups in total. The third-order valence-electron chi connectivity index (χ3n) is 9.14. The molecule has 0 fully saturated rings. The summed E-state index contributed by atoms with van der Waals surface area (Å²) in [6.07, 6.45) is 9.30. The van der Waals surface area contributed by atoms with Crippen LogP contribution < -0.4 is 28.4 Å². The maximum Gasteiger partial charge on any atom is 0.260 e. The number of ether oxygens (including phenoxy) is 6. The highest BCUT2D eigenvalue weighted by Crippen LogP contribution is 2.42. The van der Waals surface area contributed by atoms with E-state index in [0.29, 0.717) is 83.1 Å². The molecule has 0 aliphatic carbocycles. The summed E-state index contributed by atoms with van der Waals surface area (Å²) in [6, 6.07) is 12.3. The Kier molecular flexibility index (Phi) is 7.70. The van der Waals surface area contributed by atoms with Gasteiger partial charge in [-0.2, -0.15) is 0 Å². The molecule has 49 heavy (non-hydrogen) atoms. The predicted molar refractivity (Wildman–Crippen MR) is 181 cm³/mol. The van der Waals surface area contributed by atoms with Gasteiger partial charge in [0, 0.05) is 49.8 Å². The molecule has 0 spiro atoms. The average Bonchev–Trinajstić information content (AvgIpc) is 3.83. The summed E-state index contributed by atoms with van der Waals surface area (Å²) >= 11 is 0. The van der Waals surface area contributed by atoms with Gasteiger partial charge in [-0.15, -0.1) is 0 Å². The highest BCUT2D eigenvalue weighted by Gasteiger charge is 2.34. The van der Waals surface area contributed by atoms with Crippen LogP contribution in [0.25, 0.3) is 5.57 Å². The van der Waals surface area contributed by atoms with Crippen LogP contribution in [0, 0.1) is 0 Å². The van der Waals surface area contributed by atoms with Gasteiger partial charge in [0.2, 0.25) is 6.79 Å². The quantitative estimate of drug-likeness (QED) is 0.253. The molecule has 0 saturated carbocycles. The van der Waals surface area contributed by atoms with E-state index in [1.807, 2.05) is 43.7 Å². The van der Waals surface area contributed by atoms with Crippen molar-refractivity contribution in [3.63, 3.8) is 0 Å². The number of carbonyl (C=O) groups is 2. The van der Waals surface area contributed by atoms with Crippen molar-refractivity contribution < 1.29 is 38.0 Å². The highest BCUT2D eigenvalue weighted by atomic mass is 16.7. The summed E-state index contributed by atoms with van der Waals surface area (Å²) in [6.45, 7) is 2.85. The summed E-state index contributed by atoms with van der Waals surface area (Å²) < 4.78 is 34.3. The zero-order chi connectivity index (χ0) is 33.6. The molecule has 0 aromatic heterocycles. The molecule has 0 radical (unpaired) electrons. The normalized spacial score (nSPS) is 19.7. The van der Waals surface area contributed by atoms with E-state index < -0.39 is 0 Å². The molecular formula is C37H34N4O8. The van der Waals surface area contributed by atoms with E-state index in [0.717, 1.165) is 23.1 Å². The van der Waals surface area contributed by atoms with Crippen LogP contribution in [0.5, 0.6) is 34.5 Å². The second-order valence-electron chi connectivity index (χ2n) is 12.3. The molecule has 8 rings (SSSR count). The molecule has 2 atom stereocenters. The van der Waals surface area contributed by atoms with Crippen molar-refractivity contribution in [1.82, 2.24) is 9.80 Å². The molecule has 250 valence electrons. The lowest BCUT2D eigenvalue weighted by Gasteiger charge is -2.19. The molecule has 2 amide bonds. The monoisotopic (exact) mass is 662 g/mol. The van der Waals surface area contributed by atoms with Gasteiger partial charge >= 0.3 is 0 Å². The Morgan fingerprint density at radius 2 is 1.33 bits per heavy atom. The van der Waals surface area contributed by atoms with Gasteiger partial charge in [-0.25, -0.2) is 0 Å². The lowest BCUT2D eigenvalue weighted by molar-refractivity contribution is 0.0809. The summed E-state index contributed by atoms with van der Waals surface area (Å²) in [4.78, 5) is 39.7. The van der Waals surface area contributed by atoms with Crippen LogP contribution in [0.15, 0.2) is 70.4 Å². The van der Waals surface area contributed by atoms with Crippen molar-refractivity contribution >= 4 is 41.2 Å². The third-order valence-corrected chi connectivity index (χ3v) is 9.14. The van der Waals surface area contributed by atoms with E-state index in [9.17, 15) is 9.59 Å². The van der Waals surface area contributed by atoms with E-state index in [4.69, 9.17) is 33.4 Å². The van der Waals surface area contributed by atoms with Gasteiger partial charge in [-0.05, 0) is 48.7 Å². The van der Waals surface area contributed by atoms with Gasteiger partial charge in [0.05, 0.1) is 62.0 Å². The maximum absolute atomic E-state index is 13.7. The molecule has 3 aromatic carbocycles. The molecule has 12 nitrogen and oxygen atoms in total. The Morgan fingerprint density at radius 1 is 0.735 bits per heavy atom. The number of hydrogen-bond donors (Lipinski definition) is 0. The minimum absolute atomic E-state index is 0.0877. The lowest BCUT2D eigenvalue weighted by atomic mass is 10.0. The Hall–Kier alpha value is -5.78. The minimum atomic E-state index is -0.222. The van der Waals surface area contributed by atoms with Gasteiger partial charge in [0.25, 0.3) is 11.8 Å². The fraction of sp³-hybridized carbons (Fsp3) is 0.297. The number of carbonyl (C=O) groups excluding carboxylic acids is 2. The second-order valence-corrected chi connectivity index (χ2v) is 12.3.